The zero-order valence-corrected chi connectivity index (χ0v) is 14.5. The van der Waals surface area contributed by atoms with Crippen LogP contribution in [0.2, 0.25) is 0 Å². The summed E-state index contributed by atoms with van der Waals surface area (Å²) in [6.45, 7) is 9.96. The number of rotatable bonds is 2. The summed E-state index contributed by atoms with van der Waals surface area (Å²) in [6.07, 6.45) is 4.24. The molecule has 0 aliphatic carbocycles. The molecule has 0 radical (unpaired) electrons. The quantitative estimate of drug-likeness (QED) is 0.621. The summed E-state index contributed by atoms with van der Waals surface area (Å²) in [6, 6.07) is 0. The minimum absolute atomic E-state index is 0.0952. The number of amides is 1. The van der Waals surface area contributed by atoms with Crippen molar-refractivity contribution in [3.05, 3.63) is 17.1 Å². The number of likely N-dealkylation sites (tertiary alicyclic amines) is 1. The lowest BCUT2D eigenvalue weighted by atomic mass is 9.97. The van der Waals surface area contributed by atoms with Crippen LogP contribution in [0.5, 0.6) is 0 Å². The van der Waals surface area contributed by atoms with Crippen molar-refractivity contribution < 1.29 is 4.79 Å². The van der Waals surface area contributed by atoms with Crippen molar-refractivity contribution in [1.29, 1.82) is 0 Å². The van der Waals surface area contributed by atoms with Gasteiger partial charge in [-0.25, -0.2) is 9.97 Å². The van der Waals surface area contributed by atoms with Gasteiger partial charge in [0.25, 0.3) is 5.91 Å². The molecule has 1 saturated heterocycles. The summed E-state index contributed by atoms with van der Waals surface area (Å²) in [4.78, 5) is 23.8. The highest BCUT2D eigenvalue weighted by molar-refractivity contribution is 7.98. The molecule has 0 N–H and O–H groups in total. The highest BCUT2D eigenvalue weighted by Gasteiger charge is 2.27. The molecule has 2 atom stereocenters. The number of carbonyl (C=O) groups excluding carboxylic acids is 1. The van der Waals surface area contributed by atoms with Crippen LogP contribution in [-0.2, 0) is 0 Å². The summed E-state index contributed by atoms with van der Waals surface area (Å²) < 4.78 is 0. The second kappa shape index (κ2) is 6.77. The fourth-order valence-electron chi connectivity index (χ4n) is 3.14. The van der Waals surface area contributed by atoms with Gasteiger partial charge in [-0.05, 0) is 44.8 Å². The van der Waals surface area contributed by atoms with E-state index in [1.165, 1.54) is 18.2 Å². The Labute approximate surface area is 131 Å². The Morgan fingerprint density at radius 2 is 1.95 bits per heavy atom. The first-order valence-corrected chi connectivity index (χ1v) is 8.83. The van der Waals surface area contributed by atoms with Gasteiger partial charge in [0.1, 0.15) is 10.9 Å². The van der Waals surface area contributed by atoms with Gasteiger partial charge in [0.15, 0.2) is 0 Å². The molecule has 116 valence electrons. The molecule has 1 aliphatic rings. The number of thioether (sulfide) groups is 1. The SMILES string of the molecule is CSc1nc(C)nc(C)c1C(=O)N1CC[C@H](C)C[C@@H](C)C1. The van der Waals surface area contributed by atoms with E-state index in [-0.39, 0.29) is 5.91 Å². The Morgan fingerprint density at radius 1 is 1.24 bits per heavy atom. The Bertz CT molecular complexity index is 532. The highest BCUT2D eigenvalue weighted by Crippen LogP contribution is 2.26. The first-order chi connectivity index (χ1) is 9.92. The third-order valence-corrected chi connectivity index (χ3v) is 4.77. The van der Waals surface area contributed by atoms with Gasteiger partial charge in [0, 0.05) is 13.1 Å². The van der Waals surface area contributed by atoms with Crippen LogP contribution in [0.3, 0.4) is 0 Å². The predicted octanol–water partition coefficient (Wildman–Crippen LogP) is 3.32. The fourth-order valence-corrected chi connectivity index (χ4v) is 3.80. The number of hydrogen-bond acceptors (Lipinski definition) is 4. The topological polar surface area (TPSA) is 46.1 Å². The van der Waals surface area contributed by atoms with Gasteiger partial charge in [0.2, 0.25) is 0 Å². The third-order valence-electron chi connectivity index (χ3n) is 4.09. The Kier molecular flexibility index (Phi) is 5.25. The van der Waals surface area contributed by atoms with Crippen molar-refractivity contribution in [3.63, 3.8) is 0 Å². The van der Waals surface area contributed by atoms with Gasteiger partial charge >= 0.3 is 0 Å². The molecule has 2 heterocycles. The largest absolute Gasteiger partial charge is 0.338 e. The average molecular weight is 307 g/mol. The summed E-state index contributed by atoms with van der Waals surface area (Å²) in [7, 11) is 0. The summed E-state index contributed by atoms with van der Waals surface area (Å²) in [5.41, 5.74) is 1.48. The standard InChI is InChI=1S/C16H25N3OS/c1-10-6-7-19(9-11(2)8-10)16(20)14-12(3)17-13(4)18-15(14)21-5/h10-11H,6-9H2,1-5H3/t10-,11+/m0/s1. The lowest BCUT2D eigenvalue weighted by Gasteiger charge is -2.24. The number of aryl methyl sites for hydroxylation is 2. The van der Waals surface area contributed by atoms with Crippen LogP contribution in [0.4, 0.5) is 0 Å². The second-order valence-electron chi connectivity index (χ2n) is 6.23. The molecule has 1 aliphatic heterocycles. The van der Waals surface area contributed by atoms with Crippen molar-refractivity contribution >= 4 is 17.7 Å². The van der Waals surface area contributed by atoms with Crippen molar-refractivity contribution in [2.75, 3.05) is 19.3 Å². The van der Waals surface area contributed by atoms with Crippen LogP contribution < -0.4 is 0 Å². The molecule has 0 unspecified atom stereocenters. The van der Waals surface area contributed by atoms with Crippen molar-refractivity contribution in [3.8, 4) is 0 Å². The summed E-state index contributed by atoms with van der Waals surface area (Å²) in [5.74, 6) is 2.06. The van der Waals surface area contributed by atoms with E-state index < -0.39 is 0 Å². The minimum Gasteiger partial charge on any atom is -0.338 e. The average Bonchev–Trinajstić information content (AvgIpc) is 2.57. The maximum Gasteiger partial charge on any atom is 0.258 e. The Balaban J connectivity index is 2.31. The zero-order chi connectivity index (χ0) is 15.6. The lowest BCUT2D eigenvalue weighted by Crippen LogP contribution is -2.35. The minimum atomic E-state index is 0.0952. The molecule has 0 saturated carbocycles. The van der Waals surface area contributed by atoms with E-state index in [4.69, 9.17) is 0 Å². The van der Waals surface area contributed by atoms with Gasteiger partial charge in [-0.1, -0.05) is 13.8 Å². The highest BCUT2D eigenvalue weighted by atomic mass is 32.2. The molecule has 0 spiro atoms. The Morgan fingerprint density at radius 3 is 2.62 bits per heavy atom. The first-order valence-electron chi connectivity index (χ1n) is 7.60. The van der Waals surface area contributed by atoms with Gasteiger partial charge in [-0.3, -0.25) is 4.79 Å². The molecule has 1 aromatic heterocycles. The van der Waals surface area contributed by atoms with Crippen LogP contribution in [-0.4, -0.2) is 40.1 Å². The van der Waals surface area contributed by atoms with Crippen molar-refractivity contribution in [2.24, 2.45) is 11.8 Å². The van der Waals surface area contributed by atoms with E-state index in [1.54, 1.807) is 0 Å². The van der Waals surface area contributed by atoms with Crippen molar-refractivity contribution in [1.82, 2.24) is 14.9 Å². The van der Waals surface area contributed by atoms with E-state index in [2.05, 4.69) is 23.8 Å². The Hall–Kier alpha value is -1.10. The molecule has 5 heteroatoms. The number of carbonyl (C=O) groups is 1. The van der Waals surface area contributed by atoms with E-state index in [9.17, 15) is 4.79 Å². The molecule has 4 nitrogen and oxygen atoms in total. The molecule has 1 fully saturated rings. The molecule has 21 heavy (non-hydrogen) atoms. The van der Waals surface area contributed by atoms with Crippen LogP contribution in [0.1, 0.15) is 48.6 Å². The molecule has 2 rings (SSSR count). The number of aromatic nitrogens is 2. The summed E-state index contributed by atoms with van der Waals surface area (Å²) >= 11 is 1.52. The van der Waals surface area contributed by atoms with E-state index in [0.29, 0.717) is 17.4 Å². The molecular weight excluding hydrogens is 282 g/mol. The molecule has 0 bridgehead atoms. The normalized spacial score (nSPS) is 23.0. The van der Waals surface area contributed by atoms with Gasteiger partial charge in [0.05, 0.1) is 11.3 Å². The van der Waals surface area contributed by atoms with E-state index in [1.807, 2.05) is 25.0 Å². The predicted molar refractivity (Wildman–Crippen MR) is 86.8 cm³/mol. The van der Waals surface area contributed by atoms with Crippen LogP contribution >= 0.6 is 11.8 Å². The fraction of sp³-hybridized carbons (Fsp3) is 0.688. The zero-order valence-electron chi connectivity index (χ0n) is 13.6. The molecule has 1 aromatic rings. The van der Waals surface area contributed by atoms with Gasteiger partial charge in [-0.2, -0.15) is 0 Å². The first kappa shape index (κ1) is 16.3. The lowest BCUT2D eigenvalue weighted by molar-refractivity contribution is 0.0738. The van der Waals surface area contributed by atoms with E-state index in [0.717, 1.165) is 36.1 Å². The summed E-state index contributed by atoms with van der Waals surface area (Å²) in [5, 5.41) is 0.801. The van der Waals surface area contributed by atoms with Crippen LogP contribution in [0.25, 0.3) is 0 Å². The van der Waals surface area contributed by atoms with Crippen molar-refractivity contribution in [2.45, 2.75) is 45.6 Å². The molecule has 1 amide bonds. The third kappa shape index (κ3) is 3.76. The monoisotopic (exact) mass is 307 g/mol. The second-order valence-corrected chi connectivity index (χ2v) is 7.02. The van der Waals surface area contributed by atoms with Crippen LogP contribution in [0, 0.1) is 25.7 Å². The molecular formula is C16H25N3OS. The van der Waals surface area contributed by atoms with Gasteiger partial charge < -0.3 is 4.90 Å². The van der Waals surface area contributed by atoms with Crippen LogP contribution in [0.15, 0.2) is 5.03 Å². The van der Waals surface area contributed by atoms with E-state index >= 15 is 0 Å². The van der Waals surface area contributed by atoms with Gasteiger partial charge in [-0.15, -0.1) is 11.8 Å². The maximum absolute atomic E-state index is 12.9. The maximum atomic E-state index is 12.9. The molecule has 0 aromatic carbocycles. The number of hydrogen-bond donors (Lipinski definition) is 0. The smallest absolute Gasteiger partial charge is 0.258 e. The number of nitrogens with zero attached hydrogens (tertiary/aromatic N) is 3.